The highest BCUT2D eigenvalue weighted by Gasteiger charge is 2.15. The minimum atomic E-state index is -0.755. The van der Waals surface area contributed by atoms with E-state index in [1.54, 1.807) is 0 Å². The SMILES string of the molecule is CCC(C)[C@H](O)C(C)=O. The topological polar surface area (TPSA) is 37.3 Å². The molecule has 0 aromatic rings. The number of aliphatic hydroxyl groups is 1. The van der Waals surface area contributed by atoms with Gasteiger partial charge in [0.15, 0.2) is 5.78 Å². The fourth-order valence-electron chi connectivity index (χ4n) is 0.624. The summed E-state index contributed by atoms with van der Waals surface area (Å²) in [7, 11) is 0. The third-order valence-electron chi connectivity index (χ3n) is 1.60. The molecule has 0 spiro atoms. The van der Waals surface area contributed by atoms with Crippen molar-refractivity contribution in [3.05, 3.63) is 0 Å². The number of Topliss-reactive ketones (excluding diaryl/α,β-unsaturated/α-hetero) is 1. The fourth-order valence-corrected chi connectivity index (χ4v) is 0.624. The van der Waals surface area contributed by atoms with Crippen molar-refractivity contribution in [3.63, 3.8) is 0 Å². The largest absolute Gasteiger partial charge is 0.385 e. The lowest BCUT2D eigenvalue weighted by atomic mass is 9.99. The normalized spacial score (nSPS) is 16.9. The molecule has 0 rings (SSSR count). The first-order valence-electron chi connectivity index (χ1n) is 3.28. The van der Waals surface area contributed by atoms with Crippen LogP contribution < -0.4 is 0 Å². The van der Waals surface area contributed by atoms with Gasteiger partial charge in [-0.25, -0.2) is 0 Å². The van der Waals surface area contributed by atoms with Crippen LogP contribution in [0.5, 0.6) is 0 Å². The van der Waals surface area contributed by atoms with Crippen molar-refractivity contribution in [2.24, 2.45) is 5.92 Å². The van der Waals surface area contributed by atoms with E-state index in [-0.39, 0.29) is 11.7 Å². The second-order valence-electron chi connectivity index (χ2n) is 2.44. The third kappa shape index (κ3) is 2.61. The van der Waals surface area contributed by atoms with Crippen molar-refractivity contribution in [1.82, 2.24) is 0 Å². The zero-order valence-corrected chi connectivity index (χ0v) is 6.22. The van der Waals surface area contributed by atoms with Gasteiger partial charge in [-0.1, -0.05) is 20.3 Å². The van der Waals surface area contributed by atoms with Crippen LogP contribution in [-0.4, -0.2) is 17.0 Å². The first-order valence-corrected chi connectivity index (χ1v) is 3.28. The molecule has 9 heavy (non-hydrogen) atoms. The highest BCUT2D eigenvalue weighted by molar-refractivity contribution is 5.80. The second-order valence-corrected chi connectivity index (χ2v) is 2.44. The van der Waals surface area contributed by atoms with Gasteiger partial charge in [0, 0.05) is 0 Å². The van der Waals surface area contributed by atoms with Gasteiger partial charge >= 0.3 is 0 Å². The van der Waals surface area contributed by atoms with Crippen LogP contribution >= 0.6 is 0 Å². The quantitative estimate of drug-likeness (QED) is 0.618. The molecule has 54 valence electrons. The van der Waals surface area contributed by atoms with Gasteiger partial charge in [-0.05, 0) is 12.8 Å². The predicted molar refractivity (Wildman–Crippen MR) is 36.1 cm³/mol. The smallest absolute Gasteiger partial charge is 0.158 e. The van der Waals surface area contributed by atoms with E-state index in [2.05, 4.69) is 0 Å². The number of hydrogen-bond donors (Lipinski definition) is 1. The molecule has 0 radical (unpaired) electrons. The molecule has 1 unspecified atom stereocenters. The van der Waals surface area contributed by atoms with E-state index in [9.17, 15) is 4.79 Å². The van der Waals surface area contributed by atoms with Crippen LogP contribution in [0, 0.1) is 5.92 Å². The van der Waals surface area contributed by atoms with E-state index in [1.165, 1.54) is 6.92 Å². The zero-order valence-electron chi connectivity index (χ0n) is 6.22. The summed E-state index contributed by atoms with van der Waals surface area (Å²) in [5, 5.41) is 9.05. The van der Waals surface area contributed by atoms with Crippen LogP contribution in [0.3, 0.4) is 0 Å². The maximum Gasteiger partial charge on any atom is 0.158 e. The Bertz CT molecular complexity index is 99.1. The highest BCUT2D eigenvalue weighted by atomic mass is 16.3. The molecule has 0 fully saturated rings. The van der Waals surface area contributed by atoms with Gasteiger partial charge in [0.2, 0.25) is 0 Å². The van der Waals surface area contributed by atoms with Gasteiger partial charge in [0.1, 0.15) is 6.10 Å². The van der Waals surface area contributed by atoms with Gasteiger partial charge in [-0.3, -0.25) is 4.79 Å². The molecule has 0 aromatic heterocycles. The van der Waals surface area contributed by atoms with E-state index in [0.29, 0.717) is 0 Å². The van der Waals surface area contributed by atoms with Crippen molar-refractivity contribution in [2.45, 2.75) is 33.3 Å². The first kappa shape index (κ1) is 8.63. The van der Waals surface area contributed by atoms with Crippen molar-refractivity contribution in [3.8, 4) is 0 Å². The van der Waals surface area contributed by atoms with Crippen LogP contribution in [0.4, 0.5) is 0 Å². The monoisotopic (exact) mass is 130 g/mol. The Morgan fingerprint density at radius 1 is 1.67 bits per heavy atom. The fraction of sp³-hybridized carbons (Fsp3) is 0.857. The third-order valence-corrected chi connectivity index (χ3v) is 1.60. The van der Waals surface area contributed by atoms with Crippen LogP contribution in [0.15, 0.2) is 0 Å². The van der Waals surface area contributed by atoms with Gasteiger partial charge in [0.25, 0.3) is 0 Å². The Morgan fingerprint density at radius 3 is 2.22 bits per heavy atom. The number of aliphatic hydroxyl groups excluding tert-OH is 1. The summed E-state index contributed by atoms with van der Waals surface area (Å²) in [6.07, 6.45) is 0.0933. The average Bonchev–Trinajstić information content (AvgIpc) is 1.84. The van der Waals surface area contributed by atoms with Crippen molar-refractivity contribution < 1.29 is 9.90 Å². The summed E-state index contributed by atoms with van der Waals surface area (Å²) < 4.78 is 0. The van der Waals surface area contributed by atoms with Gasteiger partial charge in [0.05, 0.1) is 0 Å². The minimum Gasteiger partial charge on any atom is -0.385 e. The lowest BCUT2D eigenvalue weighted by molar-refractivity contribution is -0.127. The van der Waals surface area contributed by atoms with Crippen molar-refractivity contribution >= 4 is 5.78 Å². The summed E-state index contributed by atoms with van der Waals surface area (Å²) in [6.45, 7) is 5.24. The molecule has 0 aliphatic heterocycles. The molecular formula is C7H14O2. The molecule has 1 N–H and O–H groups in total. The molecule has 0 amide bonds. The number of carbonyl (C=O) groups is 1. The van der Waals surface area contributed by atoms with E-state index in [1.807, 2.05) is 13.8 Å². The molecule has 0 saturated heterocycles. The summed E-state index contributed by atoms with van der Waals surface area (Å²) >= 11 is 0. The van der Waals surface area contributed by atoms with Crippen LogP contribution in [0.25, 0.3) is 0 Å². The predicted octanol–water partition coefficient (Wildman–Crippen LogP) is 0.982. The molecule has 0 bridgehead atoms. The van der Waals surface area contributed by atoms with Crippen LogP contribution in [0.1, 0.15) is 27.2 Å². The molecule has 2 nitrogen and oxygen atoms in total. The number of rotatable bonds is 3. The summed E-state index contributed by atoms with van der Waals surface area (Å²) in [6, 6.07) is 0. The standard InChI is InChI=1S/C7H14O2/c1-4-5(2)7(9)6(3)8/h5,7,9H,4H2,1-3H3/t5?,7-/m0/s1. The summed E-state index contributed by atoms with van der Waals surface area (Å²) in [4.78, 5) is 10.5. The number of ketones is 1. The molecule has 2 heteroatoms. The number of carbonyl (C=O) groups excluding carboxylic acids is 1. The minimum absolute atomic E-state index is 0.0995. The Hall–Kier alpha value is -0.370. The van der Waals surface area contributed by atoms with Crippen LogP contribution in [0.2, 0.25) is 0 Å². The molecule has 0 saturated carbocycles. The van der Waals surface area contributed by atoms with Gasteiger partial charge < -0.3 is 5.11 Å². The Kier molecular flexibility index (Phi) is 3.47. The molecule has 0 aromatic carbocycles. The zero-order chi connectivity index (χ0) is 7.44. The lowest BCUT2D eigenvalue weighted by Crippen LogP contribution is -2.24. The molecule has 0 aliphatic carbocycles. The lowest BCUT2D eigenvalue weighted by Gasteiger charge is -2.12. The summed E-state index contributed by atoms with van der Waals surface area (Å²) in [5.74, 6) is -0.0353. The van der Waals surface area contributed by atoms with Gasteiger partial charge in [-0.2, -0.15) is 0 Å². The van der Waals surface area contributed by atoms with Crippen molar-refractivity contribution in [1.29, 1.82) is 0 Å². The van der Waals surface area contributed by atoms with E-state index in [4.69, 9.17) is 5.11 Å². The van der Waals surface area contributed by atoms with E-state index in [0.717, 1.165) is 6.42 Å². The maximum atomic E-state index is 10.5. The Labute approximate surface area is 55.9 Å². The summed E-state index contributed by atoms with van der Waals surface area (Å²) in [5.41, 5.74) is 0. The molecule has 0 aliphatic rings. The van der Waals surface area contributed by atoms with Crippen LogP contribution in [-0.2, 0) is 4.79 Å². The van der Waals surface area contributed by atoms with Crippen molar-refractivity contribution in [2.75, 3.05) is 0 Å². The van der Waals surface area contributed by atoms with E-state index >= 15 is 0 Å². The number of hydrogen-bond acceptors (Lipinski definition) is 2. The Morgan fingerprint density at radius 2 is 2.11 bits per heavy atom. The second kappa shape index (κ2) is 3.62. The Balaban J connectivity index is 3.72. The maximum absolute atomic E-state index is 10.5. The molecule has 0 heterocycles. The molecule has 2 atom stereocenters. The highest BCUT2D eigenvalue weighted by Crippen LogP contribution is 2.07. The first-order chi connectivity index (χ1) is 4.09. The average molecular weight is 130 g/mol. The van der Waals surface area contributed by atoms with E-state index < -0.39 is 6.10 Å². The molecular weight excluding hydrogens is 116 g/mol. The van der Waals surface area contributed by atoms with Gasteiger partial charge in [-0.15, -0.1) is 0 Å².